The van der Waals surface area contributed by atoms with Gasteiger partial charge in [0.15, 0.2) is 0 Å². The molecule has 2 aromatic rings. The summed E-state index contributed by atoms with van der Waals surface area (Å²) in [7, 11) is 0. The summed E-state index contributed by atoms with van der Waals surface area (Å²) in [5, 5.41) is 7.19. The Morgan fingerprint density at radius 3 is 2.52 bits per heavy atom. The number of nitrogens with one attached hydrogen (secondary N) is 1. The summed E-state index contributed by atoms with van der Waals surface area (Å²) < 4.78 is 42.4. The molecule has 23 heavy (non-hydrogen) atoms. The van der Waals surface area contributed by atoms with Gasteiger partial charge in [-0.2, -0.15) is 11.3 Å². The first-order valence-corrected chi connectivity index (χ1v) is 8.30. The van der Waals surface area contributed by atoms with E-state index in [-0.39, 0.29) is 11.8 Å². The smallest absolute Gasteiger partial charge is 0.405 e. The van der Waals surface area contributed by atoms with Gasteiger partial charge in [-0.25, -0.2) is 0 Å². The van der Waals surface area contributed by atoms with Crippen molar-refractivity contribution in [2.75, 3.05) is 26.2 Å². The van der Waals surface area contributed by atoms with Crippen LogP contribution in [0.4, 0.5) is 13.2 Å². The Morgan fingerprint density at radius 1 is 1.13 bits per heavy atom. The number of ether oxygens (including phenoxy) is 1. The van der Waals surface area contributed by atoms with Crippen LogP contribution in [0.25, 0.3) is 0 Å². The number of para-hydroxylation sites is 1. The van der Waals surface area contributed by atoms with Crippen LogP contribution in [-0.4, -0.2) is 37.4 Å². The molecular formula is C16H17F3N2OS. The molecule has 1 aliphatic heterocycles. The molecule has 3 rings (SSSR count). The zero-order valence-electron chi connectivity index (χ0n) is 12.3. The van der Waals surface area contributed by atoms with Gasteiger partial charge in [0, 0.05) is 31.7 Å². The molecule has 0 bridgehead atoms. The number of hydrogen-bond acceptors (Lipinski definition) is 4. The zero-order valence-corrected chi connectivity index (χ0v) is 13.2. The minimum absolute atomic E-state index is 0.130. The maximum Gasteiger partial charge on any atom is 0.573 e. The fourth-order valence-corrected chi connectivity index (χ4v) is 3.56. The van der Waals surface area contributed by atoms with E-state index in [2.05, 4.69) is 15.0 Å². The molecule has 1 fully saturated rings. The second kappa shape index (κ2) is 6.90. The Balaban J connectivity index is 2.00. The Morgan fingerprint density at radius 2 is 1.87 bits per heavy atom. The highest BCUT2D eigenvalue weighted by Crippen LogP contribution is 2.37. The number of thiophene rings is 1. The molecular weight excluding hydrogens is 325 g/mol. The molecule has 2 heterocycles. The van der Waals surface area contributed by atoms with E-state index in [1.165, 1.54) is 6.07 Å². The van der Waals surface area contributed by atoms with E-state index in [1.807, 2.05) is 16.8 Å². The van der Waals surface area contributed by atoms with Crippen LogP contribution >= 0.6 is 11.3 Å². The third-order valence-electron chi connectivity index (χ3n) is 3.81. The van der Waals surface area contributed by atoms with Crippen LogP contribution in [0, 0.1) is 0 Å². The van der Waals surface area contributed by atoms with Gasteiger partial charge in [0.25, 0.3) is 0 Å². The second-order valence-electron chi connectivity index (χ2n) is 5.33. The van der Waals surface area contributed by atoms with Crippen LogP contribution in [0.1, 0.15) is 17.2 Å². The summed E-state index contributed by atoms with van der Waals surface area (Å²) in [4.78, 5) is 2.19. The van der Waals surface area contributed by atoms with E-state index in [1.54, 1.807) is 29.5 Å². The maximum atomic E-state index is 12.7. The van der Waals surface area contributed by atoms with Gasteiger partial charge in [0.2, 0.25) is 0 Å². The molecule has 0 spiro atoms. The molecule has 0 unspecified atom stereocenters. The molecule has 1 atom stereocenters. The number of nitrogens with zero attached hydrogens (tertiary/aromatic N) is 1. The minimum atomic E-state index is -4.70. The summed E-state index contributed by atoms with van der Waals surface area (Å²) in [5.41, 5.74) is 1.54. The van der Waals surface area contributed by atoms with E-state index in [0.717, 1.165) is 31.7 Å². The van der Waals surface area contributed by atoms with Crippen LogP contribution in [0.5, 0.6) is 5.75 Å². The third kappa shape index (κ3) is 4.04. The number of halogens is 3. The van der Waals surface area contributed by atoms with Crippen LogP contribution in [0.3, 0.4) is 0 Å². The number of rotatable bonds is 4. The van der Waals surface area contributed by atoms with E-state index >= 15 is 0 Å². The molecule has 1 aromatic heterocycles. The normalized spacial score (nSPS) is 17.9. The first-order chi connectivity index (χ1) is 11.0. The fraction of sp³-hybridized carbons (Fsp3) is 0.375. The highest BCUT2D eigenvalue weighted by Gasteiger charge is 2.34. The predicted molar refractivity (Wildman–Crippen MR) is 83.7 cm³/mol. The number of benzene rings is 1. The van der Waals surface area contributed by atoms with Crippen molar-refractivity contribution in [3.05, 3.63) is 52.2 Å². The molecule has 1 N–H and O–H groups in total. The van der Waals surface area contributed by atoms with Crippen molar-refractivity contribution in [3.8, 4) is 5.75 Å². The van der Waals surface area contributed by atoms with Crippen molar-refractivity contribution in [1.82, 2.24) is 10.2 Å². The van der Waals surface area contributed by atoms with Crippen molar-refractivity contribution < 1.29 is 17.9 Å². The molecule has 0 amide bonds. The van der Waals surface area contributed by atoms with E-state index in [9.17, 15) is 13.2 Å². The van der Waals surface area contributed by atoms with Crippen LogP contribution < -0.4 is 10.1 Å². The monoisotopic (exact) mass is 342 g/mol. The van der Waals surface area contributed by atoms with Crippen molar-refractivity contribution in [2.24, 2.45) is 0 Å². The van der Waals surface area contributed by atoms with Crippen molar-refractivity contribution in [2.45, 2.75) is 12.4 Å². The molecule has 1 aliphatic rings. The van der Waals surface area contributed by atoms with E-state index in [4.69, 9.17) is 0 Å². The molecule has 0 saturated carbocycles. The largest absolute Gasteiger partial charge is 0.573 e. The molecule has 1 saturated heterocycles. The summed E-state index contributed by atoms with van der Waals surface area (Å²) in [5.74, 6) is -0.130. The van der Waals surface area contributed by atoms with Gasteiger partial charge in [-0.3, -0.25) is 4.90 Å². The molecule has 3 nitrogen and oxygen atoms in total. The SMILES string of the molecule is FC(F)(F)Oc1ccccc1[C@H](c1ccsc1)N1CCNCC1. The lowest BCUT2D eigenvalue weighted by Gasteiger charge is -2.35. The lowest BCUT2D eigenvalue weighted by atomic mass is 9.98. The van der Waals surface area contributed by atoms with Crippen molar-refractivity contribution in [3.63, 3.8) is 0 Å². The molecule has 124 valence electrons. The summed E-state index contributed by atoms with van der Waals surface area (Å²) in [6.07, 6.45) is -4.70. The van der Waals surface area contributed by atoms with Crippen LogP contribution in [0.15, 0.2) is 41.1 Å². The fourth-order valence-electron chi connectivity index (χ4n) is 2.88. The highest BCUT2D eigenvalue weighted by atomic mass is 32.1. The Labute approximate surface area is 136 Å². The lowest BCUT2D eigenvalue weighted by molar-refractivity contribution is -0.275. The Bertz CT molecular complexity index is 625. The third-order valence-corrected chi connectivity index (χ3v) is 4.52. The average molecular weight is 342 g/mol. The Kier molecular flexibility index (Phi) is 4.89. The molecule has 0 radical (unpaired) electrons. The van der Waals surface area contributed by atoms with Gasteiger partial charge in [0.05, 0.1) is 6.04 Å². The first-order valence-electron chi connectivity index (χ1n) is 7.36. The average Bonchev–Trinajstić information content (AvgIpc) is 3.03. The summed E-state index contributed by atoms with van der Waals surface area (Å²) in [6.45, 7) is 3.20. The predicted octanol–water partition coefficient (Wildman–Crippen LogP) is 3.64. The topological polar surface area (TPSA) is 24.5 Å². The van der Waals surface area contributed by atoms with Gasteiger partial charge >= 0.3 is 6.36 Å². The number of alkyl halides is 3. The molecule has 1 aromatic carbocycles. The van der Waals surface area contributed by atoms with Gasteiger partial charge in [-0.1, -0.05) is 18.2 Å². The lowest BCUT2D eigenvalue weighted by Crippen LogP contribution is -2.45. The van der Waals surface area contributed by atoms with Crippen LogP contribution in [0.2, 0.25) is 0 Å². The zero-order chi connectivity index (χ0) is 16.3. The number of hydrogen-bond donors (Lipinski definition) is 1. The summed E-state index contributed by atoms with van der Waals surface area (Å²) >= 11 is 1.54. The van der Waals surface area contributed by atoms with Gasteiger partial charge in [-0.15, -0.1) is 13.2 Å². The second-order valence-corrected chi connectivity index (χ2v) is 6.11. The standard InChI is InChI=1S/C16H17F3N2OS/c17-16(18,19)22-14-4-2-1-3-13(14)15(12-5-10-23-11-12)21-8-6-20-7-9-21/h1-5,10-11,15,20H,6-9H2/t15-/m0/s1. The molecule has 0 aliphatic carbocycles. The van der Waals surface area contributed by atoms with Crippen LogP contribution in [-0.2, 0) is 0 Å². The number of piperazine rings is 1. The molecule has 7 heteroatoms. The summed E-state index contributed by atoms with van der Waals surface area (Å²) in [6, 6.07) is 8.13. The highest BCUT2D eigenvalue weighted by molar-refractivity contribution is 7.08. The first kappa shape index (κ1) is 16.3. The maximum absolute atomic E-state index is 12.7. The van der Waals surface area contributed by atoms with Gasteiger partial charge in [0.1, 0.15) is 5.75 Å². The van der Waals surface area contributed by atoms with E-state index in [0.29, 0.717) is 5.56 Å². The minimum Gasteiger partial charge on any atom is -0.405 e. The van der Waals surface area contributed by atoms with Crippen molar-refractivity contribution in [1.29, 1.82) is 0 Å². The Hall–Kier alpha value is -1.57. The van der Waals surface area contributed by atoms with Gasteiger partial charge in [-0.05, 0) is 28.5 Å². The van der Waals surface area contributed by atoms with Crippen molar-refractivity contribution >= 4 is 11.3 Å². The van der Waals surface area contributed by atoms with Gasteiger partial charge < -0.3 is 10.1 Å². The van der Waals surface area contributed by atoms with E-state index < -0.39 is 6.36 Å². The quantitative estimate of drug-likeness (QED) is 0.918.